The predicted molar refractivity (Wildman–Crippen MR) is 87.6 cm³/mol. The summed E-state index contributed by atoms with van der Waals surface area (Å²) in [5, 5.41) is 14.9. The van der Waals surface area contributed by atoms with Crippen molar-refractivity contribution in [3.05, 3.63) is 29.8 Å². The van der Waals surface area contributed by atoms with Crippen molar-refractivity contribution in [2.24, 2.45) is 5.92 Å². The van der Waals surface area contributed by atoms with E-state index in [9.17, 15) is 19.5 Å². The number of carboxylic acid groups (broad SMARTS) is 1. The number of amides is 2. The Kier molecular flexibility index (Phi) is 4.30. The third kappa shape index (κ3) is 3.50. The first-order valence-electron chi connectivity index (χ1n) is 7.55. The molecule has 1 aromatic rings. The lowest BCUT2D eigenvalue weighted by atomic mass is 9.98. The molecule has 3 N–H and O–H groups in total. The van der Waals surface area contributed by atoms with Gasteiger partial charge in [0.2, 0.25) is 5.91 Å². The number of hydrogen-bond acceptors (Lipinski definition) is 4. The molecular weight excluding hydrogens is 316 g/mol. The van der Waals surface area contributed by atoms with Crippen molar-refractivity contribution >= 4 is 35.2 Å². The molecule has 1 aliphatic heterocycles. The zero-order valence-corrected chi connectivity index (χ0v) is 13.3. The van der Waals surface area contributed by atoms with Gasteiger partial charge < -0.3 is 15.7 Å². The predicted octanol–water partition coefficient (Wildman–Crippen LogP) is 1.73. The number of benzene rings is 1. The third-order valence-electron chi connectivity index (χ3n) is 4.12. The molecule has 3 rings (SSSR count). The Hall–Kier alpha value is -2.02. The van der Waals surface area contributed by atoms with Crippen LogP contribution < -0.4 is 10.6 Å². The van der Waals surface area contributed by atoms with Crippen LogP contribution in [-0.2, 0) is 9.59 Å². The molecule has 1 unspecified atom stereocenters. The quantitative estimate of drug-likeness (QED) is 0.762. The highest BCUT2D eigenvalue weighted by Crippen LogP contribution is 2.31. The van der Waals surface area contributed by atoms with Gasteiger partial charge in [0.15, 0.2) is 0 Å². The lowest BCUT2D eigenvalue weighted by Crippen LogP contribution is -2.54. The summed E-state index contributed by atoms with van der Waals surface area (Å²) in [6.45, 7) is 0. The van der Waals surface area contributed by atoms with Crippen LogP contribution in [0.25, 0.3) is 0 Å². The zero-order chi connectivity index (χ0) is 16.4. The second kappa shape index (κ2) is 6.23. The summed E-state index contributed by atoms with van der Waals surface area (Å²) in [6, 6.07) is 6.58. The van der Waals surface area contributed by atoms with Crippen molar-refractivity contribution in [2.45, 2.75) is 24.8 Å². The van der Waals surface area contributed by atoms with Crippen LogP contribution in [0, 0.1) is 5.92 Å². The Bertz CT molecular complexity index is 651. The number of hydrogen-bond donors (Lipinski definition) is 3. The van der Waals surface area contributed by atoms with Crippen LogP contribution in [0.2, 0.25) is 0 Å². The van der Waals surface area contributed by atoms with Crippen LogP contribution in [0.1, 0.15) is 29.6 Å². The standard InChI is InChI=1S/C16H18N2O4S/c19-13(10-4-5-10)17-12-3-1-2-11(8-12)14(20)18-16(15(21)22)6-7-23-9-16/h1-3,8,10H,4-7,9H2,(H,17,19)(H,18,20)(H,21,22). The number of aliphatic carboxylic acids is 1. The van der Waals surface area contributed by atoms with Gasteiger partial charge in [-0.1, -0.05) is 6.07 Å². The van der Waals surface area contributed by atoms with Gasteiger partial charge in [-0.05, 0) is 43.2 Å². The van der Waals surface area contributed by atoms with E-state index in [1.54, 1.807) is 24.3 Å². The Labute approximate surface area is 138 Å². The average molecular weight is 334 g/mol. The Morgan fingerprint density at radius 3 is 2.65 bits per heavy atom. The number of nitrogens with one attached hydrogen (secondary N) is 2. The highest BCUT2D eigenvalue weighted by atomic mass is 32.2. The monoisotopic (exact) mass is 334 g/mol. The van der Waals surface area contributed by atoms with Crippen molar-refractivity contribution in [3.8, 4) is 0 Å². The van der Waals surface area contributed by atoms with Crippen LogP contribution in [0.3, 0.4) is 0 Å². The second-order valence-corrected chi connectivity index (χ2v) is 7.09. The highest BCUT2D eigenvalue weighted by Gasteiger charge is 2.43. The molecule has 0 aromatic heterocycles. The number of carbonyl (C=O) groups excluding carboxylic acids is 2. The lowest BCUT2D eigenvalue weighted by Gasteiger charge is -2.24. The van der Waals surface area contributed by atoms with Crippen molar-refractivity contribution in [2.75, 3.05) is 16.8 Å². The minimum Gasteiger partial charge on any atom is -0.479 e. The van der Waals surface area contributed by atoms with E-state index in [0.29, 0.717) is 29.2 Å². The van der Waals surface area contributed by atoms with Gasteiger partial charge >= 0.3 is 5.97 Å². The molecule has 0 spiro atoms. The fourth-order valence-electron chi connectivity index (χ4n) is 2.50. The molecule has 1 atom stereocenters. The number of rotatable bonds is 5. The smallest absolute Gasteiger partial charge is 0.330 e. The van der Waals surface area contributed by atoms with Crippen molar-refractivity contribution in [3.63, 3.8) is 0 Å². The van der Waals surface area contributed by atoms with Gasteiger partial charge in [-0.15, -0.1) is 0 Å². The van der Waals surface area contributed by atoms with E-state index >= 15 is 0 Å². The zero-order valence-electron chi connectivity index (χ0n) is 12.5. The van der Waals surface area contributed by atoms with Gasteiger partial charge in [0.25, 0.3) is 5.91 Å². The molecule has 2 amide bonds. The van der Waals surface area contributed by atoms with Gasteiger partial charge in [0.05, 0.1) is 0 Å². The number of carboxylic acids is 1. The summed E-state index contributed by atoms with van der Waals surface area (Å²) in [4.78, 5) is 35.7. The molecule has 6 nitrogen and oxygen atoms in total. The first kappa shape index (κ1) is 15.9. The van der Waals surface area contributed by atoms with Crippen LogP contribution in [0.5, 0.6) is 0 Å². The number of anilines is 1. The van der Waals surface area contributed by atoms with Gasteiger partial charge in [0, 0.05) is 22.9 Å². The van der Waals surface area contributed by atoms with Crippen molar-refractivity contribution < 1.29 is 19.5 Å². The maximum atomic E-state index is 12.4. The highest BCUT2D eigenvalue weighted by molar-refractivity contribution is 7.99. The molecule has 1 saturated carbocycles. The van der Waals surface area contributed by atoms with E-state index in [4.69, 9.17) is 0 Å². The molecule has 122 valence electrons. The second-order valence-electron chi connectivity index (χ2n) is 5.99. The molecule has 23 heavy (non-hydrogen) atoms. The molecule has 1 saturated heterocycles. The fourth-order valence-corrected chi connectivity index (χ4v) is 3.83. The maximum absolute atomic E-state index is 12.4. The fraction of sp³-hybridized carbons (Fsp3) is 0.438. The molecule has 0 bridgehead atoms. The van der Waals surface area contributed by atoms with Crippen LogP contribution in [-0.4, -0.2) is 39.9 Å². The molecule has 0 radical (unpaired) electrons. The summed E-state index contributed by atoms with van der Waals surface area (Å²) >= 11 is 1.52. The van der Waals surface area contributed by atoms with Crippen LogP contribution in [0.4, 0.5) is 5.69 Å². The summed E-state index contributed by atoms with van der Waals surface area (Å²) in [5.74, 6) is -0.308. The molecule has 2 fully saturated rings. The van der Waals surface area contributed by atoms with E-state index in [1.807, 2.05) is 0 Å². The molecule has 1 aliphatic carbocycles. The summed E-state index contributed by atoms with van der Waals surface area (Å²) in [5.41, 5.74) is -0.300. The molecular formula is C16H18N2O4S. The Balaban J connectivity index is 1.71. The topological polar surface area (TPSA) is 95.5 Å². The van der Waals surface area contributed by atoms with Crippen molar-refractivity contribution in [1.82, 2.24) is 5.32 Å². The molecule has 7 heteroatoms. The Morgan fingerprint density at radius 1 is 1.26 bits per heavy atom. The SMILES string of the molecule is O=C(NC1(C(=O)O)CCSC1)c1cccc(NC(=O)C2CC2)c1. The summed E-state index contributed by atoms with van der Waals surface area (Å²) in [6.07, 6.45) is 2.23. The number of carbonyl (C=O) groups is 3. The van der Waals surface area contributed by atoms with Gasteiger partial charge in [0.1, 0.15) is 5.54 Å². The number of thioether (sulfide) groups is 1. The maximum Gasteiger partial charge on any atom is 0.330 e. The van der Waals surface area contributed by atoms with Crippen LogP contribution >= 0.6 is 11.8 Å². The van der Waals surface area contributed by atoms with Gasteiger partial charge in [-0.2, -0.15) is 11.8 Å². The van der Waals surface area contributed by atoms with Gasteiger partial charge in [-0.3, -0.25) is 9.59 Å². The summed E-state index contributed by atoms with van der Waals surface area (Å²) in [7, 11) is 0. The minimum absolute atomic E-state index is 0.0308. The van der Waals surface area contributed by atoms with Crippen LogP contribution in [0.15, 0.2) is 24.3 Å². The molecule has 2 aliphatic rings. The van der Waals surface area contributed by atoms with E-state index in [1.165, 1.54) is 11.8 Å². The largest absolute Gasteiger partial charge is 0.479 e. The first-order chi connectivity index (χ1) is 11.0. The van der Waals surface area contributed by atoms with E-state index in [-0.39, 0.29) is 11.8 Å². The third-order valence-corrected chi connectivity index (χ3v) is 5.31. The van der Waals surface area contributed by atoms with E-state index in [0.717, 1.165) is 12.8 Å². The Morgan fingerprint density at radius 2 is 2.04 bits per heavy atom. The van der Waals surface area contributed by atoms with Crippen molar-refractivity contribution in [1.29, 1.82) is 0 Å². The average Bonchev–Trinajstić information content (AvgIpc) is 3.27. The van der Waals surface area contributed by atoms with Gasteiger partial charge in [-0.25, -0.2) is 4.79 Å². The molecule has 1 heterocycles. The normalized spacial score (nSPS) is 23.3. The minimum atomic E-state index is -1.20. The summed E-state index contributed by atoms with van der Waals surface area (Å²) < 4.78 is 0. The first-order valence-corrected chi connectivity index (χ1v) is 8.70. The van der Waals surface area contributed by atoms with E-state index < -0.39 is 17.4 Å². The molecule has 1 aromatic carbocycles. The van der Waals surface area contributed by atoms with E-state index in [2.05, 4.69) is 10.6 Å². The lowest BCUT2D eigenvalue weighted by molar-refractivity contribution is -0.143.